The van der Waals surface area contributed by atoms with E-state index in [9.17, 15) is 0 Å². The van der Waals surface area contributed by atoms with Gasteiger partial charge in [-0.1, -0.05) is 32.1 Å². The van der Waals surface area contributed by atoms with Gasteiger partial charge >= 0.3 is 0 Å². The van der Waals surface area contributed by atoms with E-state index in [0.29, 0.717) is 0 Å². The predicted molar refractivity (Wildman–Crippen MR) is 42.4 cm³/mol. The van der Waals surface area contributed by atoms with Crippen LogP contribution >= 0.6 is 0 Å². The molecule has 0 aromatic carbocycles. The molecule has 0 atom stereocenters. The minimum absolute atomic E-state index is 0. The van der Waals surface area contributed by atoms with Crippen LogP contribution in [-0.2, 0) is 0 Å². The highest BCUT2D eigenvalue weighted by Crippen LogP contribution is 2.25. The molecule has 0 aromatic rings. The third-order valence-electron chi connectivity index (χ3n) is 2.30. The summed E-state index contributed by atoms with van der Waals surface area (Å²) in [5, 5.41) is 0. The van der Waals surface area contributed by atoms with Gasteiger partial charge in [-0.2, -0.15) is 0 Å². The van der Waals surface area contributed by atoms with E-state index >= 15 is 0 Å². The summed E-state index contributed by atoms with van der Waals surface area (Å²) in [7, 11) is 0. The topological polar surface area (TPSA) is 26.0 Å². The Labute approximate surface area is 59.1 Å². The third-order valence-corrected chi connectivity index (χ3v) is 2.30. The fraction of sp³-hybridized carbons (Fsp3) is 1.00. The van der Waals surface area contributed by atoms with Gasteiger partial charge in [-0.3, -0.25) is 0 Å². The van der Waals surface area contributed by atoms with Gasteiger partial charge in [0, 0.05) is 1.43 Å². The van der Waals surface area contributed by atoms with Crippen molar-refractivity contribution in [2.75, 3.05) is 6.54 Å². The third kappa shape index (κ3) is 2.35. The van der Waals surface area contributed by atoms with Crippen LogP contribution in [0.1, 0.15) is 40.0 Å². The number of rotatable bonds is 2. The molecule has 1 nitrogen and oxygen atoms in total. The molecule has 56 valence electrons. The van der Waals surface area contributed by atoms with Gasteiger partial charge in [-0.25, -0.2) is 0 Å². The molecule has 2 N–H and O–H groups in total. The first-order valence-corrected chi connectivity index (χ1v) is 4.13. The van der Waals surface area contributed by atoms with E-state index in [4.69, 9.17) is 5.73 Å². The van der Waals surface area contributed by atoms with Crippen molar-refractivity contribution in [2.24, 2.45) is 11.7 Å². The molecule has 0 bridgehead atoms. The van der Waals surface area contributed by atoms with E-state index in [1.54, 1.807) is 0 Å². The molecule has 0 aliphatic heterocycles. The monoisotopic (exact) mass is 129 g/mol. The molecular formula is C8H19N. The first kappa shape index (κ1) is 7.07. The second-order valence-electron chi connectivity index (χ2n) is 3.08. The summed E-state index contributed by atoms with van der Waals surface area (Å²) >= 11 is 0. The largest absolute Gasteiger partial charge is 0.330 e. The average Bonchev–Trinajstić information content (AvgIpc) is 1.91. The van der Waals surface area contributed by atoms with Gasteiger partial charge in [-0.15, -0.1) is 0 Å². The zero-order valence-electron chi connectivity index (χ0n) is 6.10. The van der Waals surface area contributed by atoms with Gasteiger partial charge < -0.3 is 5.73 Å². The highest BCUT2D eigenvalue weighted by atomic mass is 14.5. The van der Waals surface area contributed by atoms with Crippen molar-refractivity contribution in [3.63, 3.8) is 0 Å². The van der Waals surface area contributed by atoms with Crippen LogP contribution in [-0.4, -0.2) is 6.54 Å². The molecule has 0 spiro atoms. The molecule has 0 heterocycles. The summed E-state index contributed by atoms with van der Waals surface area (Å²) in [6.07, 6.45) is 8.50. The van der Waals surface area contributed by atoms with E-state index in [1.807, 2.05) is 0 Å². The summed E-state index contributed by atoms with van der Waals surface area (Å²) in [5.41, 5.74) is 5.46. The average molecular weight is 129 g/mol. The lowest BCUT2D eigenvalue weighted by Gasteiger charge is -2.20. The van der Waals surface area contributed by atoms with E-state index in [-0.39, 0.29) is 1.43 Å². The molecule has 1 rings (SSSR count). The van der Waals surface area contributed by atoms with Gasteiger partial charge in [0.1, 0.15) is 0 Å². The van der Waals surface area contributed by atoms with Crippen molar-refractivity contribution >= 4 is 0 Å². The van der Waals surface area contributed by atoms with Crippen molar-refractivity contribution in [3.8, 4) is 0 Å². The number of hydrogen-bond acceptors (Lipinski definition) is 1. The van der Waals surface area contributed by atoms with Crippen LogP contribution in [0.2, 0.25) is 0 Å². The lowest BCUT2D eigenvalue weighted by atomic mass is 9.87. The second-order valence-corrected chi connectivity index (χ2v) is 3.08. The van der Waals surface area contributed by atoms with Gasteiger partial charge in [0.25, 0.3) is 0 Å². The van der Waals surface area contributed by atoms with E-state index in [2.05, 4.69) is 0 Å². The Bertz CT molecular complexity index is 66.9. The van der Waals surface area contributed by atoms with E-state index in [1.165, 1.54) is 38.5 Å². The number of hydrogen-bond donors (Lipinski definition) is 1. The second kappa shape index (κ2) is 3.89. The molecule has 0 amide bonds. The van der Waals surface area contributed by atoms with Gasteiger partial charge in [-0.05, 0) is 18.9 Å². The summed E-state index contributed by atoms with van der Waals surface area (Å²) in [6.45, 7) is 0.894. The highest BCUT2D eigenvalue weighted by Gasteiger charge is 2.11. The highest BCUT2D eigenvalue weighted by molar-refractivity contribution is 4.65. The minimum Gasteiger partial charge on any atom is -0.330 e. The molecule has 1 saturated carbocycles. The molecule has 1 fully saturated rings. The van der Waals surface area contributed by atoms with Crippen LogP contribution < -0.4 is 5.73 Å². The Morgan fingerprint density at radius 1 is 1.22 bits per heavy atom. The predicted octanol–water partition coefficient (Wildman–Crippen LogP) is 2.16. The fourth-order valence-corrected chi connectivity index (χ4v) is 1.71. The Hall–Kier alpha value is -0.0400. The van der Waals surface area contributed by atoms with Gasteiger partial charge in [0.2, 0.25) is 0 Å². The summed E-state index contributed by atoms with van der Waals surface area (Å²) < 4.78 is 0. The van der Waals surface area contributed by atoms with Crippen molar-refractivity contribution in [1.82, 2.24) is 0 Å². The molecule has 1 aliphatic carbocycles. The maximum atomic E-state index is 5.46. The Morgan fingerprint density at radius 3 is 2.44 bits per heavy atom. The smallest absolute Gasteiger partial charge is 0 e. The van der Waals surface area contributed by atoms with E-state index < -0.39 is 0 Å². The Balaban J connectivity index is 0.000000810. The zero-order valence-corrected chi connectivity index (χ0v) is 6.10. The van der Waals surface area contributed by atoms with Gasteiger partial charge in [0.15, 0.2) is 0 Å². The van der Waals surface area contributed by atoms with Crippen molar-refractivity contribution < 1.29 is 1.43 Å². The Morgan fingerprint density at radius 2 is 1.89 bits per heavy atom. The zero-order chi connectivity index (χ0) is 6.53. The standard InChI is InChI=1S/C8H17N.H2/c9-7-6-8-4-2-1-3-5-8;/h8H,1-7,9H2;1H. The van der Waals surface area contributed by atoms with Crippen LogP contribution in [0.5, 0.6) is 0 Å². The summed E-state index contributed by atoms with van der Waals surface area (Å²) in [5.74, 6) is 0.976. The van der Waals surface area contributed by atoms with Gasteiger partial charge in [0.05, 0.1) is 0 Å². The van der Waals surface area contributed by atoms with Crippen LogP contribution in [0.4, 0.5) is 0 Å². The molecule has 0 saturated heterocycles. The van der Waals surface area contributed by atoms with Crippen LogP contribution in [0, 0.1) is 5.92 Å². The molecule has 9 heavy (non-hydrogen) atoms. The lowest BCUT2D eigenvalue weighted by molar-refractivity contribution is 0.343. The minimum atomic E-state index is 0. The van der Waals surface area contributed by atoms with Crippen LogP contribution in [0.25, 0.3) is 0 Å². The van der Waals surface area contributed by atoms with Crippen molar-refractivity contribution in [1.29, 1.82) is 0 Å². The SMILES string of the molecule is NCCC1CCCCC1.[HH]. The first-order chi connectivity index (χ1) is 4.43. The first-order valence-electron chi connectivity index (χ1n) is 4.13. The van der Waals surface area contributed by atoms with Crippen molar-refractivity contribution in [3.05, 3.63) is 0 Å². The molecule has 0 radical (unpaired) electrons. The van der Waals surface area contributed by atoms with Crippen LogP contribution in [0.3, 0.4) is 0 Å². The Kier molecular flexibility index (Phi) is 3.05. The quantitative estimate of drug-likeness (QED) is 0.607. The normalized spacial score (nSPS) is 22.3. The summed E-state index contributed by atoms with van der Waals surface area (Å²) in [4.78, 5) is 0. The molecular weight excluding hydrogens is 110 g/mol. The molecule has 1 heteroatoms. The number of nitrogens with two attached hydrogens (primary N) is 1. The molecule has 0 aromatic heterocycles. The van der Waals surface area contributed by atoms with Crippen molar-refractivity contribution in [2.45, 2.75) is 38.5 Å². The van der Waals surface area contributed by atoms with Crippen LogP contribution in [0.15, 0.2) is 0 Å². The van der Waals surface area contributed by atoms with E-state index in [0.717, 1.165) is 12.5 Å². The molecule has 0 unspecified atom stereocenters. The fourth-order valence-electron chi connectivity index (χ4n) is 1.71. The summed E-state index contributed by atoms with van der Waals surface area (Å²) in [6, 6.07) is 0. The molecule has 1 aliphatic rings. The maximum absolute atomic E-state index is 5.46. The lowest BCUT2D eigenvalue weighted by Crippen LogP contribution is -2.11. The maximum Gasteiger partial charge on any atom is 0 e.